The molecule has 1 saturated heterocycles. The first-order valence-corrected chi connectivity index (χ1v) is 10.1. The first-order valence-electron chi connectivity index (χ1n) is 10.1. The van der Waals surface area contributed by atoms with E-state index in [1.165, 1.54) is 10.7 Å². The van der Waals surface area contributed by atoms with Crippen LogP contribution in [0.5, 0.6) is 5.75 Å². The SMILES string of the molecule is COc1ccccc1CN1CCN(C(=O)c2cn(C)nc2-c2ccc(F)cc2F)CC1. The fourth-order valence-corrected chi connectivity index (χ4v) is 3.88. The highest BCUT2D eigenvalue weighted by Gasteiger charge is 2.27. The van der Waals surface area contributed by atoms with E-state index in [1.54, 1.807) is 25.3 Å². The number of nitrogens with zero attached hydrogens (tertiary/aromatic N) is 4. The maximum Gasteiger partial charge on any atom is 0.257 e. The molecule has 31 heavy (non-hydrogen) atoms. The number of aryl methyl sites for hydroxylation is 1. The van der Waals surface area contributed by atoms with Crippen molar-refractivity contribution >= 4 is 5.91 Å². The number of halogens is 2. The number of methoxy groups -OCH3 is 1. The van der Waals surface area contributed by atoms with Crippen molar-refractivity contribution in [3.05, 3.63) is 71.4 Å². The molecule has 0 N–H and O–H groups in total. The van der Waals surface area contributed by atoms with Crippen molar-refractivity contribution in [3.8, 4) is 17.0 Å². The fourth-order valence-electron chi connectivity index (χ4n) is 3.88. The normalized spacial score (nSPS) is 14.6. The molecular formula is C23H24F2N4O2. The van der Waals surface area contributed by atoms with Gasteiger partial charge in [-0.15, -0.1) is 0 Å². The van der Waals surface area contributed by atoms with Gasteiger partial charge < -0.3 is 9.64 Å². The number of carbonyl (C=O) groups excluding carboxylic acids is 1. The number of hydrogen-bond acceptors (Lipinski definition) is 4. The number of amides is 1. The molecule has 0 bridgehead atoms. The number of carbonyl (C=O) groups is 1. The van der Waals surface area contributed by atoms with Gasteiger partial charge in [-0.05, 0) is 18.2 Å². The molecule has 2 aromatic carbocycles. The van der Waals surface area contributed by atoms with Crippen LogP contribution in [0.15, 0.2) is 48.7 Å². The Hall–Kier alpha value is -3.26. The van der Waals surface area contributed by atoms with Gasteiger partial charge in [-0.2, -0.15) is 5.10 Å². The quantitative estimate of drug-likeness (QED) is 0.628. The third kappa shape index (κ3) is 4.44. The summed E-state index contributed by atoms with van der Waals surface area (Å²) in [4.78, 5) is 17.2. The minimum atomic E-state index is -0.741. The van der Waals surface area contributed by atoms with Crippen molar-refractivity contribution in [2.75, 3.05) is 33.3 Å². The van der Waals surface area contributed by atoms with Gasteiger partial charge in [-0.1, -0.05) is 18.2 Å². The van der Waals surface area contributed by atoms with E-state index in [-0.39, 0.29) is 17.2 Å². The molecule has 0 unspecified atom stereocenters. The number of benzene rings is 2. The highest BCUT2D eigenvalue weighted by Crippen LogP contribution is 2.27. The van der Waals surface area contributed by atoms with Crippen LogP contribution in [0.2, 0.25) is 0 Å². The van der Waals surface area contributed by atoms with Gasteiger partial charge in [0.25, 0.3) is 5.91 Å². The van der Waals surface area contributed by atoms with Gasteiger partial charge in [0.2, 0.25) is 0 Å². The number of rotatable bonds is 5. The lowest BCUT2D eigenvalue weighted by Crippen LogP contribution is -2.48. The van der Waals surface area contributed by atoms with Gasteiger partial charge >= 0.3 is 0 Å². The molecule has 6 nitrogen and oxygen atoms in total. The minimum absolute atomic E-state index is 0.111. The lowest BCUT2D eigenvalue weighted by atomic mass is 10.1. The molecular weight excluding hydrogens is 402 g/mol. The van der Waals surface area contributed by atoms with Crippen molar-refractivity contribution in [2.45, 2.75) is 6.54 Å². The summed E-state index contributed by atoms with van der Waals surface area (Å²) in [6.45, 7) is 3.27. The summed E-state index contributed by atoms with van der Waals surface area (Å²) in [7, 11) is 3.33. The van der Waals surface area contributed by atoms with Crippen molar-refractivity contribution < 1.29 is 18.3 Å². The monoisotopic (exact) mass is 426 g/mol. The minimum Gasteiger partial charge on any atom is -0.496 e. The van der Waals surface area contributed by atoms with Crippen molar-refractivity contribution in [1.29, 1.82) is 0 Å². The van der Waals surface area contributed by atoms with E-state index in [9.17, 15) is 13.6 Å². The van der Waals surface area contributed by atoms with E-state index < -0.39 is 11.6 Å². The van der Waals surface area contributed by atoms with Crippen molar-refractivity contribution in [1.82, 2.24) is 19.6 Å². The van der Waals surface area contributed by atoms with E-state index in [1.807, 2.05) is 24.3 Å². The van der Waals surface area contributed by atoms with Crippen LogP contribution >= 0.6 is 0 Å². The average Bonchev–Trinajstić information content (AvgIpc) is 3.15. The molecule has 0 atom stereocenters. The second kappa shape index (κ2) is 8.85. The Morgan fingerprint density at radius 3 is 2.55 bits per heavy atom. The molecule has 162 valence electrons. The number of aromatic nitrogens is 2. The molecule has 1 aromatic heterocycles. The molecule has 0 saturated carbocycles. The summed E-state index contributed by atoms with van der Waals surface area (Å²) < 4.78 is 34.5. The Labute approximate surface area is 179 Å². The van der Waals surface area contributed by atoms with E-state index in [0.29, 0.717) is 31.7 Å². The number of ether oxygens (including phenoxy) is 1. The molecule has 0 spiro atoms. The van der Waals surface area contributed by atoms with Crippen LogP contribution in [0.1, 0.15) is 15.9 Å². The van der Waals surface area contributed by atoms with Crippen LogP contribution < -0.4 is 4.74 Å². The van der Waals surface area contributed by atoms with Crippen LogP contribution in [0.3, 0.4) is 0 Å². The molecule has 1 aliphatic heterocycles. The van der Waals surface area contributed by atoms with Gasteiger partial charge in [0.05, 0.1) is 12.7 Å². The van der Waals surface area contributed by atoms with E-state index in [2.05, 4.69) is 10.00 Å². The van der Waals surface area contributed by atoms with E-state index in [0.717, 1.165) is 30.0 Å². The highest BCUT2D eigenvalue weighted by atomic mass is 19.1. The summed E-state index contributed by atoms with van der Waals surface area (Å²) in [5.41, 5.74) is 1.75. The Morgan fingerprint density at radius 1 is 1.10 bits per heavy atom. The Morgan fingerprint density at radius 2 is 1.84 bits per heavy atom. The molecule has 1 aliphatic rings. The summed E-state index contributed by atoms with van der Waals surface area (Å²) >= 11 is 0. The number of para-hydroxylation sites is 1. The lowest BCUT2D eigenvalue weighted by Gasteiger charge is -2.35. The highest BCUT2D eigenvalue weighted by molar-refractivity contribution is 6.00. The van der Waals surface area contributed by atoms with Crippen molar-refractivity contribution in [3.63, 3.8) is 0 Å². The first kappa shape index (κ1) is 21.0. The van der Waals surface area contributed by atoms with E-state index >= 15 is 0 Å². The molecule has 2 heterocycles. The molecule has 0 aliphatic carbocycles. The number of hydrogen-bond donors (Lipinski definition) is 0. The third-order valence-electron chi connectivity index (χ3n) is 5.49. The Balaban J connectivity index is 1.47. The Bertz CT molecular complexity index is 1090. The largest absolute Gasteiger partial charge is 0.496 e. The zero-order valence-electron chi connectivity index (χ0n) is 17.5. The van der Waals surface area contributed by atoms with E-state index in [4.69, 9.17) is 4.74 Å². The third-order valence-corrected chi connectivity index (χ3v) is 5.49. The fraction of sp³-hybridized carbons (Fsp3) is 0.304. The molecule has 4 rings (SSSR count). The van der Waals surface area contributed by atoms with Crippen LogP contribution in [0, 0.1) is 11.6 Å². The topological polar surface area (TPSA) is 50.6 Å². The zero-order valence-corrected chi connectivity index (χ0v) is 17.5. The second-order valence-electron chi connectivity index (χ2n) is 7.57. The smallest absolute Gasteiger partial charge is 0.257 e. The Kier molecular flexibility index (Phi) is 5.99. The molecule has 1 amide bonds. The maximum absolute atomic E-state index is 14.3. The van der Waals surface area contributed by atoms with Gasteiger partial charge in [0.15, 0.2) is 0 Å². The summed E-state index contributed by atoms with van der Waals surface area (Å²) in [5, 5.41) is 4.26. The first-order chi connectivity index (χ1) is 15.0. The molecule has 8 heteroatoms. The second-order valence-corrected chi connectivity index (χ2v) is 7.57. The standard InChI is InChI=1S/C23H24F2N4O2/c1-27-15-19(22(26-27)18-8-7-17(24)13-20(18)25)23(30)29-11-9-28(10-12-29)14-16-5-3-4-6-21(16)31-2/h3-8,13,15H,9-12,14H2,1-2H3. The van der Waals surface area contributed by atoms with Crippen molar-refractivity contribution in [2.24, 2.45) is 7.05 Å². The maximum atomic E-state index is 14.3. The zero-order chi connectivity index (χ0) is 22.0. The number of piperazine rings is 1. The summed E-state index contributed by atoms with van der Waals surface area (Å²) in [6.07, 6.45) is 1.58. The van der Waals surface area contributed by atoms with Crippen LogP contribution in [-0.4, -0.2) is 58.8 Å². The van der Waals surface area contributed by atoms with Gasteiger partial charge in [-0.3, -0.25) is 14.4 Å². The average molecular weight is 426 g/mol. The molecule has 0 radical (unpaired) electrons. The van der Waals surface area contributed by atoms with Gasteiger partial charge in [0, 0.05) is 63.2 Å². The van der Waals surface area contributed by atoms with Gasteiger partial charge in [0.1, 0.15) is 23.1 Å². The summed E-state index contributed by atoms with van der Waals surface area (Å²) in [5.74, 6) is -0.767. The molecule has 3 aromatic rings. The van der Waals surface area contributed by atoms with Crippen LogP contribution in [-0.2, 0) is 13.6 Å². The summed E-state index contributed by atoms with van der Waals surface area (Å²) in [6, 6.07) is 11.2. The van der Waals surface area contributed by atoms with Crippen LogP contribution in [0.4, 0.5) is 8.78 Å². The molecule has 1 fully saturated rings. The van der Waals surface area contributed by atoms with Crippen LogP contribution in [0.25, 0.3) is 11.3 Å². The van der Waals surface area contributed by atoms with Gasteiger partial charge in [-0.25, -0.2) is 8.78 Å². The lowest BCUT2D eigenvalue weighted by molar-refractivity contribution is 0.0628. The predicted octanol–water partition coefficient (Wildman–Crippen LogP) is 3.33. The predicted molar refractivity (Wildman–Crippen MR) is 113 cm³/mol.